The van der Waals surface area contributed by atoms with Crippen molar-refractivity contribution in [3.05, 3.63) is 34.9 Å². The monoisotopic (exact) mass is 269 g/mol. The summed E-state index contributed by atoms with van der Waals surface area (Å²) in [5, 5.41) is 3.80. The first kappa shape index (κ1) is 15.0. The van der Waals surface area contributed by atoms with Crippen LogP contribution in [-0.4, -0.2) is 18.6 Å². The van der Waals surface area contributed by atoms with Crippen molar-refractivity contribution in [2.75, 3.05) is 6.61 Å². The number of carbonyl (C=O) groups is 1. The molecule has 1 aromatic carbocycles. The van der Waals surface area contributed by atoms with Crippen molar-refractivity contribution in [2.24, 2.45) is 0 Å². The highest BCUT2D eigenvalue weighted by atomic mass is 35.5. The summed E-state index contributed by atoms with van der Waals surface area (Å²) in [7, 11) is 0. The largest absolute Gasteiger partial charge is 0.464 e. The van der Waals surface area contributed by atoms with Crippen molar-refractivity contribution >= 4 is 17.6 Å². The average Bonchev–Trinajstić information content (AvgIpc) is 2.28. The number of benzene rings is 1. The molecule has 0 amide bonds. The Morgan fingerprint density at radius 1 is 1.44 bits per heavy atom. The van der Waals surface area contributed by atoms with Gasteiger partial charge in [-0.25, -0.2) is 4.79 Å². The normalized spacial score (nSPS) is 14.3. The van der Waals surface area contributed by atoms with Gasteiger partial charge in [-0.2, -0.15) is 0 Å². The van der Waals surface area contributed by atoms with Crippen LogP contribution in [0.15, 0.2) is 24.3 Å². The molecule has 100 valence electrons. The Bertz CT molecular complexity index is 420. The van der Waals surface area contributed by atoms with Gasteiger partial charge >= 0.3 is 5.97 Å². The van der Waals surface area contributed by atoms with Gasteiger partial charge in [-0.1, -0.05) is 29.8 Å². The molecule has 0 bridgehead atoms. The first-order chi connectivity index (χ1) is 8.41. The third-order valence-corrected chi connectivity index (χ3v) is 3.00. The molecule has 0 heterocycles. The molecule has 0 aliphatic rings. The molecule has 4 heteroatoms. The Morgan fingerprint density at radius 2 is 2.06 bits per heavy atom. The molecule has 0 saturated carbocycles. The Labute approximate surface area is 113 Å². The zero-order valence-corrected chi connectivity index (χ0v) is 12.0. The second kappa shape index (κ2) is 6.21. The Balaban J connectivity index is 3.20. The van der Waals surface area contributed by atoms with Crippen molar-refractivity contribution in [2.45, 2.75) is 39.3 Å². The maximum Gasteiger partial charge on any atom is 0.330 e. The van der Waals surface area contributed by atoms with Gasteiger partial charge < -0.3 is 4.74 Å². The van der Waals surface area contributed by atoms with Gasteiger partial charge in [0.15, 0.2) is 0 Å². The summed E-state index contributed by atoms with van der Waals surface area (Å²) >= 11 is 6.19. The smallest absolute Gasteiger partial charge is 0.330 e. The molecular formula is C14H20ClNO2. The maximum absolute atomic E-state index is 12.2. The first-order valence-electron chi connectivity index (χ1n) is 6.11. The molecule has 3 nitrogen and oxygen atoms in total. The summed E-state index contributed by atoms with van der Waals surface area (Å²) < 4.78 is 5.16. The molecule has 18 heavy (non-hydrogen) atoms. The predicted octanol–water partition coefficient (Wildman–Crippen LogP) is 3.12. The molecule has 0 fully saturated rings. The molecule has 0 aromatic heterocycles. The summed E-state index contributed by atoms with van der Waals surface area (Å²) in [4.78, 5) is 12.2. The minimum Gasteiger partial charge on any atom is -0.464 e. The van der Waals surface area contributed by atoms with Gasteiger partial charge in [-0.05, 0) is 33.8 Å². The fourth-order valence-electron chi connectivity index (χ4n) is 1.97. The van der Waals surface area contributed by atoms with E-state index >= 15 is 0 Å². The molecule has 1 unspecified atom stereocenters. The number of esters is 1. The average molecular weight is 270 g/mol. The van der Waals surface area contributed by atoms with E-state index in [-0.39, 0.29) is 12.0 Å². The van der Waals surface area contributed by atoms with Crippen molar-refractivity contribution in [3.8, 4) is 0 Å². The molecule has 0 spiro atoms. The number of ether oxygens (including phenoxy) is 1. The topological polar surface area (TPSA) is 38.3 Å². The van der Waals surface area contributed by atoms with Crippen LogP contribution in [0.4, 0.5) is 0 Å². The number of hydrogen-bond donors (Lipinski definition) is 1. The summed E-state index contributed by atoms with van der Waals surface area (Å²) in [6, 6.07) is 7.45. The summed E-state index contributed by atoms with van der Waals surface area (Å²) in [6.07, 6.45) is 0. The third-order valence-electron chi connectivity index (χ3n) is 2.67. The van der Waals surface area contributed by atoms with Crippen LogP contribution in [-0.2, 0) is 15.1 Å². The Hall–Kier alpha value is -1.06. The zero-order chi connectivity index (χ0) is 13.8. The fourth-order valence-corrected chi connectivity index (χ4v) is 2.29. The van der Waals surface area contributed by atoms with Crippen LogP contribution >= 0.6 is 11.6 Å². The number of hydrogen-bond acceptors (Lipinski definition) is 3. The molecule has 1 aromatic rings. The molecule has 1 N–H and O–H groups in total. The van der Waals surface area contributed by atoms with Gasteiger partial charge in [0.1, 0.15) is 5.54 Å². The van der Waals surface area contributed by atoms with E-state index in [0.717, 1.165) is 5.56 Å². The lowest BCUT2D eigenvalue weighted by Gasteiger charge is -2.31. The van der Waals surface area contributed by atoms with Crippen molar-refractivity contribution in [1.82, 2.24) is 5.32 Å². The van der Waals surface area contributed by atoms with Gasteiger partial charge in [0, 0.05) is 16.6 Å². The number of rotatable bonds is 5. The fraction of sp³-hybridized carbons (Fsp3) is 0.500. The second-order valence-electron chi connectivity index (χ2n) is 4.62. The zero-order valence-electron chi connectivity index (χ0n) is 11.3. The Morgan fingerprint density at radius 3 is 2.56 bits per heavy atom. The lowest BCUT2D eigenvalue weighted by molar-refractivity contribution is -0.151. The van der Waals surface area contributed by atoms with E-state index in [9.17, 15) is 4.79 Å². The van der Waals surface area contributed by atoms with E-state index in [1.54, 1.807) is 19.9 Å². The number of nitrogens with one attached hydrogen (secondary N) is 1. The van der Waals surface area contributed by atoms with Crippen molar-refractivity contribution < 1.29 is 9.53 Å². The molecule has 1 atom stereocenters. The maximum atomic E-state index is 12.2. The van der Waals surface area contributed by atoms with Gasteiger partial charge in [0.05, 0.1) is 6.61 Å². The minimum absolute atomic E-state index is 0.135. The standard InChI is InChI=1S/C14H20ClNO2/c1-5-18-13(17)14(4,16-10(2)3)11-8-6-7-9-12(11)15/h6-10,16H,5H2,1-4H3. The minimum atomic E-state index is -0.928. The van der Waals surface area contributed by atoms with E-state index in [1.807, 2.05) is 32.0 Å². The van der Waals surface area contributed by atoms with Gasteiger partial charge in [-0.15, -0.1) is 0 Å². The van der Waals surface area contributed by atoms with Gasteiger partial charge in [-0.3, -0.25) is 5.32 Å². The molecule has 1 rings (SSSR count). The van der Waals surface area contributed by atoms with Gasteiger partial charge in [0.25, 0.3) is 0 Å². The van der Waals surface area contributed by atoms with Crippen molar-refractivity contribution in [3.63, 3.8) is 0 Å². The van der Waals surface area contributed by atoms with Crippen LogP contribution in [0.25, 0.3) is 0 Å². The quantitative estimate of drug-likeness (QED) is 0.835. The number of halogens is 1. The van der Waals surface area contributed by atoms with Gasteiger partial charge in [0.2, 0.25) is 0 Å². The molecule has 0 aliphatic carbocycles. The molecule has 0 radical (unpaired) electrons. The third kappa shape index (κ3) is 3.24. The predicted molar refractivity (Wildman–Crippen MR) is 73.7 cm³/mol. The van der Waals surface area contributed by atoms with Crippen LogP contribution in [0, 0.1) is 0 Å². The highest BCUT2D eigenvalue weighted by Gasteiger charge is 2.38. The van der Waals surface area contributed by atoms with E-state index in [2.05, 4.69) is 5.32 Å². The summed E-state index contributed by atoms with van der Waals surface area (Å²) in [5.41, 5.74) is -0.193. The highest BCUT2D eigenvalue weighted by Crippen LogP contribution is 2.29. The van der Waals surface area contributed by atoms with E-state index in [0.29, 0.717) is 11.6 Å². The molecular weight excluding hydrogens is 250 g/mol. The summed E-state index contributed by atoms with van der Waals surface area (Å²) in [5.74, 6) is -0.313. The molecule has 0 aliphatic heterocycles. The first-order valence-corrected chi connectivity index (χ1v) is 6.49. The van der Waals surface area contributed by atoms with E-state index in [4.69, 9.17) is 16.3 Å². The van der Waals surface area contributed by atoms with Crippen LogP contribution in [0.1, 0.15) is 33.3 Å². The highest BCUT2D eigenvalue weighted by molar-refractivity contribution is 6.31. The number of carbonyl (C=O) groups excluding carboxylic acids is 1. The second-order valence-corrected chi connectivity index (χ2v) is 5.03. The lowest BCUT2D eigenvalue weighted by Crippen LogP contribution is -2.50. The Kier molecular flexibility index (Phi) is 5.17. The van der Waals surface area contributed by atoms with Crippen molar-refractivity contribution in [1.29, 1.82) is 0 Å². The van der Waals surface area contributed by atoms with E-state index in [1.165, 1.54) is 0 Å². The van der Waals surface area contributed by atoms with Crippen LogP contribution in [0.3, 0.4) is 0 Å². The SMILES string of the molecule is CCOC(=O)C(C)(NC(C)C)c1ccccc1Cl. The van der Waals surface area contributed by atoms with Crippen LogP contribution in [0.5, 0.6) is 0 Å². The van der Waals surface area contributed by atoms with E-state index < -0.39 is 5.54 Å². The lowest BCUT2D eigenvalue weighted by atomic mass is 9.91. The molecule has 0 saturated heterocycles. The summed E-state index contributed by atoms with van der Waals surface area (Å²) in [6.45, 7) is 7.90. The van der Waals surface area contributed by atoms with Crippen LogP contribution in [0.2, 0.25) is 5.02 Å². The van der Waals surface area contributed by atoms with Crippen LogP contribution < -0.4 is 5.32 Å².